The number of hydrogen-bond donors (Lipinski definition) is 3. The average Bonchev–Trinajstić information content (AvgIpc) is 3.34. The van der Waals surface area contributed by atoms with Gasteiger partial charge in [-0.3, -0.25) is 34.6 Å². The SMILES string of the molecule is O=C(CN1C(=O)C2(OC=CO2)c2cc([N+](=O)[O-])ccc21)Nc1ccc(C(=O)NO)cc1. The van der Waals surface area contributed by atoms with Crippen molar-refractivity contribution in [2.75, 3.05) is 16.8 Å². The van der Waals surface area contributed by atoms with Crippen molar-refractivity contribution < 1.29 is 34.0 Å². The Bertz CT molecular complexity index is 1120. The molecule has 31 heavy (non-hydrogen) atoms. The molecule has 12 nitrogen and oxygen atoms in total. The molecule has 2 heterocycles. The van der Waals surface area contributed by atoms with Crippen LogP contribution in [0.1, 0.15) is 15.9 Å². The van der Waals surface area contributed by atoms with E-state index >= 15 is 0 Å². The molecular weight excluding hydrogens is 412 g/mol. The van der Waals surface area contributed by atoms with E-state index in [0.29, 0.717) is 5.69 Å². The molecule has 0 bridgehead atoms. The van der Waals surface area contributed by atoms with Crippen molar-refractivity contribution in [3.05, 3.63) is 76.2 Å². The number of hydrogen-bond acceptors (Lipinski definition) is 8. The Balaban J connectivity index is 1.56. The maximum Gasteiger partial charge on any atom is 0.362 e. The van der Waals surface area contributed by atoms with Gasteiger partial charge in [-0.05, 0) is 30.3 Å². The molecule has 0 aliphatic carbocycles. The largest absolute Gasteiger partial charge is 0.445 e. The molecule has 0 unspecified atom stereocenters. The van der Waals surface area contributed by atoms with E-state index in [0.717, 1.165) is 17.4 Å². The van der Waals surface area contributed by atoms with Gasteiger partial charge in [0.15, 0.2) is 0 Å². The highest BCUT2D eigenvalue weighted by Gasteiger charge is 2.57. The maximum absolute atomic E-state index is 13.0. The predicted molar refractivity (Wildman–Crippen MR) is 103 cm³/mol. The molecule has 0 fully saturated rings. The highest BCUT2D eigenvalue weighted by atomic mass is 16.7. The fourth-order valence-electron chi connectivity index (χ4n) is 3.31. The van der Waals surface area contributed by atoms with Crippen LogP contribution in [0.5, 0.6) is 0 Å². The summed E-state index contributed by atoms with van der Waals surface area (Å²) < 4.78 is 10.7. The van der Waals surface area contributed by atoms with Crippen LogP contribution in [0.2, 0.25) is 0 Å². The van der Waals surface area contributed by atoms with E-state index in [1.165, 1.54) is 47.9 Å². The Hall–Kier alpha value is -4.45. The van der Waals surface area contributed by atoms with Gasteiger partial charge in [0.05, 0.1) is 16.2 Å². The second kappa shape index (κ2) is 7.42. The van der Waals surface area contributed by atoms with Gasteiger partial charge in [-0.25, -0.2) is 5.48 Å². The number of ether oxygens (including phenoxy) is 2. The molecular formula is C19H14N4O8. The van der Waals surface area contributed by atoms with Gasteiger partial charge in [-0.2, -0.15) is 0 Å². The number of nitro benzene ring substituents is 1. The smallest absolute Gasteiger partial charge is 0.362 e. The Morgan fingerprint density at radius 3 is 2.42 bits per heavy atom. The van der Waals surface area contributed by atoms with E-state index in [-0.39, 0.29) is 22.5 Å². The number of carbonyl (C=O) groups is 3. The third kappa shape index (κ3) is 3.30. The van der Waals surface area contributed by atoms with Crippen molar-refractivity contribution >= 4 is 34.8 Å². The van der Waals surface area contributed by atoms with Crippen molar-refractivity contribution in [2.45, 2.75) is 5.79 Å². The van der Waals surface area contributed by atoms with Gasteiger partial charge < -0.3 is 14.8 Å². The van der Waals surface area contributed by atoms with Crippen LogP contribution in [0, 0.1) is 10.1 Å². The summed E-state index contributed by atoms with van der Waals surface area (Å²) >= 11 is 0. The zero-order valence-electron chi connectivity index (χ0n) is 15.6. The second-order valence-corrected chi connectivity index (χ2v) is 6.54. The standard InChI is InChI=1S/C19H14N4O8/c24-16(20-12-3-1-11(2-4-12)17(25)21-27)10-22-15-6-5-13(23(28)29)9-14(15)19(18(22)26)30-7-8-31-19/h1-9,27H,10H2,(H,20,24)(H,21,25). The van der Waals surface area contributed by atoms with Crippen LogP contribution in [0.4, 0.5) is 17.1 Å². The zero-order valence-corrected chi connectivity index (χ0v) is 15.6. The number of benzene rings is 2. The molecule has 0 saturated heterocycles. The second-order valence-electron chi connectivity index (χ2n) is 6.54. The summed E-state index contributed by atoms with van der Waals surface area (Å²) in [7, 11) is 0. The first-order valence-corrected chi connectivity index (χ1v) is 8.81. The molecule has 0 aromatic heterocycles. The monoisotopic (exact) mass is 426 g/mol. The van der Waals surface area contributed by atoms with Crippen molar-refractivity contribution in [3.63, 3.8) is 0 Å². The van der Waals surface area contributed by atoms with E-state index in [2.05, 4.69) is 5.32 Å². The summed E-state index contributed by atoms with van der Waals surface area (Å²) in [5.74, 6) is -3.90. The van der Waals surface area contributed by atoms with Gasteiger partial charge >= 0.3 is 11.7 Å². The summed E-state index contributed by atoms with van der Waals surface area (Å²) in [6, 6.07) is 9.39. The molecule has 3 N–H and O–H groups in total. The molecule has 2 aliphatic rings. The lowest BCUT2D eigenvalue weighted by Crippen LogP contribution is -2.44. The summed E-state index contributed by atoms with van der Waals surface area (Å²) in [6.45, 7) is -0.420. The minimum atomic E-state index is -1.92. The zero-order chi connectivity index (χ0) is 22.2. The summed E-state index contributed by atoms with van der Waals surface area (Å²) in [5.41, 5.74) is 2.12. The minimum absolute atomic E-state index is 0.115. The van der Waals surface area contributed by atoms with Crippen molar-refractivity contribution in [1.82, 2.24) is 5.48 Å². The van der Waals surface area contributed by atoms with Gasteiger partial charge in [-0.15, -0.1) is 0 Å². The first-order valence-electron chi connectivity index (χ1n) is 8.81. The summed E-state index contributed by atoms with van der Waals surface area (Å²) in [4.78, 5) is 48.6. The Morgan fingerprint density at radius 1 is 1.13 bits per heavy atom. The van der Waals surface area contributed by atoms with Crippen LogP contribution in [0.3, 0.4) is 0 Å². The van der Waals surface area contributed by atoms with Crippen LogP contribution < -0.4 is 15.7 Å². The highest BCUT2D eigenvalue weighted by Crippen LogP contribution is 2.47. The normalized spacial score (nSPS) is 15.3. The molecule has 4 rings (SSSR count). The fraction of sp³-hybridized carbons (Fsp3) is 0.105. The molecule has 2 aliphatic heterocycles. The molecule has 1 spiro atoms. The Morgan fingerprint density at radius 2 is 1.81 bits per heavy atom. The predicted octanol–water partition coefficient (Wildman–Crippen LogP) is 1.37. The first-order chi connectivity index (χ1) is 14.9. The number of fused-ring (bicyclic) bond motifs is 2. The number of hydroxylamine groups is 1. The van der Waals surface area contributed by atoms with Gasteiger partial charge in [0.2, 0.25) is 5.91 Å². The highest BCUT2D eigenvalue weighted by molar-refractivity contribution is 6.10. The number of nitrogens with one attached hydrogen (secondary N) is 2. The van der Waals surface area contributed by atoms with E-state index in [9.17, 15) is 24.5 Å². The van der Waals surface area contributed by atoms with Crippen LogP contribution in [0.25, 0.3) is 0 Å². The number of nitro groups is 1. The molecule has 2 aromatic rings. The van der Waals surface area contributed by atoms with Crippen molar-refractivity contribution in [1.29, 1.82) is 0 Å². The lowest BCUT2D eigenvalue weighted by Gasteiger charge is -2.22. The van der Waals surface area contributed by atoms with Gasteiger partial charge in [0.25, 0.3) is 11.6 Å². The number of non-ortho nitro benzene ring substituents is 1. The lowest BCUT2D eigenvalue weighted by atomic mass is 10.1. The number of anilines is 2. The van der Waals surface area contributed by atoms with Crippen LogP contribution in [-0.4, -0.2) is 34.4 Å². The molecule has 158 valence electrons. The van der Waals surface area contributed by atoms with Gasteiger partial charge in [-0.1, -0.05) is 0 Å². The number of nitrogens with zero attached hydrogens (tertiary/aromatic N) is 2. The molecule has 0 radical (unpaired) electrons. The van der Waals surface area contributed by atoms with Gasteiger partial charge in [0, 0.05) is 23.4 Å². The third-order valence-corrected chi connectivity index (χ3v) is 4.72. The van der Waals surface area contributed by atoms with Crippen LogP contribution in [-0.2, 0) is 24.8 Å². The van der Waals surface area contributed by atoms with Gasteiger partial charge in [0.1, 0.15) is 19.1 Å². The van der Waals surface area contributed by atoms with E-state index in [1.807, 2.05) is 0 Å². The fourth-order valence-corrected chi connectivity index (χ4v) is 3.31. The van der Waals surface area contributed by atoms with Crippen molar-refractivity contribution in [2.24, 2.45) is 0 Å². The van der Waals surface area contributed by atoms with Crippen molar-refractivity contribution in [3.8, 4) is 0 Å². The minimum Gasteiger partial charge on any atom is -0.445 e. The Kier molecular flexibility index (Phi) is 4.75. The summed E-state index contributed by atoms with van der Waals surface area (Å²) in [5, 5.41) is 22.4. The first kappa shape index (κ1) is 19.8. The third-order valence-electron chi connectivity index (χ3n) is 4.72. The topological polar surface area (TPSA) is 160 Å². The van der Waals surface area contributed by atoms with E-state index < -0.39 is 35.0 Å². The molecule has 0 atom stereocenters. The Labute approximate surface area is 173 Å². The van der Waals surface area contributed by atoms with E-state index in [1.54, 1.807) is 0 Å². The molecule has 12 heteroatoms. The number of rotatable bonds is 5. The summed E-state index contributed by atoms with van der Waals surface area (Å²) in [6.07, 6.45) is 2.29. The number of carbonyl (C=O) groups excluding carboxylic acids is 3. The van der Waals surface area contributed by atoms with Crippen LogP contribution in [0.15, 0.2) is 55.0 Å². The molecule has 3 amide bonds. The van der Waals surface area contributed by atoms with Crippen LogP contribution >= 0.6 is 0 Å². The average molecular weight is 426 g/mol. The molecule has 0 saturated carbocycles. The quantitative estimate of drug-likeness (QED) is 0.367. The number of amides is 3. The lowest BCUT2D eigenvalue weighted by molar-refractivity contribution is -0.385. The van der Waals surface area contributed by atoms with E-state index in [4.69, 9.17) is 14.7 Å². The maximum atomic E-state index is 13.0. The molecule has 2 aromatic carbocycles.